The Balaban J connectivity index is 1.96. The minimum Gasteiger partial charge on any atom is -0.419 e. The lowest BCUT2D eigenvalue weighted by Crippen LogP contribution is -2.22. The monoisotopic (exact) mass is 273 g/mol. The summed E-state index contributed by atoms with van der Waals surface area (Å²) in [5.41, 5.74) is 2.00. The van der Waals surface area contributed by atoms with Crippen molar-refractivity contribution in [2.24, 2.45) is 0 Å². The molecule has 2 rings (SSSR count). The number of hydrogen-bond donors (Lipinski definition) is 1. The van der Waals surface area contributed by atoms with E-state index in [4.69, 9.17) is 4.42 Å². The lowest BCUT2D eigenvalue weighted by molar-refractivity contribution is -0.121. The standard InChI is InChI=1S/C15H19N3O2/c1-3-4-9-13(19)16-10-14-17-18-15(20-14)12-8-6-5-7-11(12)2/h5-8H,3-4,9-10H2,1-2H3,(H,16,19). The van der Waals surface area contributed by atoms with Crippen LogP contribution in [0.25, 0.3) is 11.5 Å². The molecule has 0 atom stereocenters. The molecule has 0 fully saturated rings. The Morgan fingerprint density at radius 3 is 2.85 bits per heavy atom. The molecular formula is C15H19N3O2. The van der Waals surface area contributed by atoms with Gasteiger partial charge >= 0.3 is 0 Å². The molecule has 106 valence electrons. The molecule has 5 nitrogen and oxygen atoms in total. The van der Waals surface area contributed by atoms with Crippen LogP contribution in [0.1, 0.15) is 37.6 Å². The Labute approximate surface area is 118 Å². The van der Waals surface area contributed by atoms with Gasteiger partial charge < -0.3 is 9.73 Å². The maximum atomic E-state index is 11.5. The van der Waals surface area contributed by atoms with Gasteiger partial charge in [0, 0.05) is 12.0 Å². The van der Waals surface area contributed by atoms with Gasteiger partial charge in [0.15, 0.2) is 0 Å². The van der Waals surface area contributed by atoms with Crippen LogP contribution >= 0.6 is 0 Å². The lowest BCUT2D eigenvalue weighted by atomic mass is 10.1. The van der Waals surface area contributed by atoms with Crippen molar-refractivity contribution in [3.8, 4) is 11.5 Å². The van der Waals surface area contributed by atoms with E-state index in [0.29, 0.717) is 18.2 Å². The highest BCUT2D eigenvalue weighted by Gasteiger charge is 2.11. The van der Waals surface area contributed by atoms with Gasteiger partial charge in [-0.1, -0.05) is 31.5 Å². The molecule has 0 spiro atoms. The van der Waals surface area contributed by atoms with Crippen molar-refractivity contribution >= 4 is 5.91 Å². The summed E-state index contributed by atoms with van der Waals surface area (Å²) in [4.78, 5) is 11.5. The molecule has 0 saturated carbocycles. The van der Waals surface area contributed by atoms with Crippen molar-refractivity contribution in [2.75, 3.05) is 0 Å². The second-order valence-electron chi connectivity index (χ2n) is 4.70. The summed E-state index contributed by atoms with van der Waals surface area (Å²) in [6.45, 7) is 4.33. The van der Waals surface area contributed by atoms with Crippen LogP contribution in [0.4, 0.5) is 0 Å². The second kappa shape index (κ2) is 6.84. The summed E-state index contributed by atoms with van der Waals surface area (Å²) in [6, 6.07) is 7.82. The molecule has 20 heavy (non-hydrogen) atoms. The van der Waals surface area contributed by atoms with Gasteiger partial charge in [0.05, 0.1) is 6.54 Å². The van der Waals surface area contributed by atoms with E-state index in [1.165, 1.54) is 0 Å². The first-order valence-corrected chi connectivity index (χ1v) is 6.85. The molecule has 0 radical (unpaired) electrons. The molecule has 0 aliphatic carbocycles. The van der Waals surface area contributed by atoms with Gasteiger partial charge in [-0.05, 0) is 25.0 Å². The van der Waals surface area contributed by atoms with Gasteiger partial charge in [-0.15, -0.1) is 10.2 Å². The Bertz CT molecular complexity index is 578. The number of hydrogen-bond acceptors (Lipinski definition) is 4. The van der Waals surface area contributed by atoms with E-state index >= 15 is 0 Å². The first-order chi connectivity index (χ1) is 9.70. The Hall–Kier alpha value is -2.17. The zero-order chi connectivity index (χ0) is 14.4. The Kier molecular flexibility index (Phi) is 4.87. The van der Waals surface area contributed by atoms with Crippen molar-refractivity contribution in [3.05, 3.63) is 35.7 Å². The normalized spacial score (nSPS) is 10.5. The number of carbonyl (C=O) groups is 1. The molecule has 2 aromatic rings. The maximum absolute atomic E-state index is 11.5. The first-order valence-electron chi connectivity index (χ1n) is 6.85. The van der Waals surface area contributed by atoms with Crippen molar-refractivity contribution in [1.82, 2.24) is 15.5 Å². The minimum absolute atomic E-state index is 0.0162. The molecule has 0 aliphatic rings. The number of aromatic nitrogens is 2. The molecule has 0 saturated heterocycles. The van der Waals surface area contributed by atoms with Crippen LogP contribution in [-0.2, 0) is 11.3 Å². The largest absolute Gasteiger partial charge is 0.419 e. The number of carbonyl (C=O) groups excluding carboxylic acids is 1. The van der Waals surface area contributed by atoms with Crippen LogP contribution in [0.5, 0.6) is 0 Å². The minimum atomic E-state index is 0.0162. The smallest absolute Gasteiger partial charge is 0.248 e. The fraction of sp³-hybridized carbons (Fsp3) is 0.400. The third kappa shape index (κ3) is 3.66. The van der Waals surface area contributed by atoms with Crippen molar-refractivity contribution in [1.29, 1.82) is 0 Å². The molecule has 1 amide bonds. The van der Waals surface area contributed by atoms with E-state index in [0.717, 1.165) is 24.0 Å². The highest BCUT2D eigenvalue weighted by Crippen LogP contribution is 2.21. The van der Waals surface area contributed by atoms with Crippen molar-refractivity contribution in [2.45, 2.75) is 39.7 Å². The highest BCUT2D eigenvalue weighted by molar-refractivity contribution is 5.75. The van der Waals surface area contributed by atoms with E-state index in [1.54, 1.807) is 0 Å². The average molecular weight is 273 g/mol. The van der Waals surface area contributed by atoms with Crippen molar-refractivity contribution < 1.29 is 9.21 Å². The quantitative estimate of drug-likeness (QED) is 0.878. The molecule has 0 bridgehead atoms. The number of nitrogens with one attached hydrogen (secondary N) is 1. The van der Waals surface area contributed by atoms with E-state index in [-0.39, 0.29) is 12.5 Å². The van der Waals surface area contributed by atoms with Crippen LogP contribution in [-0.4, -0.2) is 16.1 Å². The van der Waals surface area contributed by atoms with Crippen LogP contribution < -0.4 is 5.32 Å². The number of amides is 1. The summed E-state index contributed by atoms with van der Waals surface area (Å²) in [7, 11) is 0. The average Bonchev–Trinajstić information content (AvgIpc) is 2.92. The van der Waals surface area contributed by atoms with E-state index < -0.39 is 0 Å². The van der Waals surface area contributed by atoms with Crippen LogP contribution in [0, 0.1) is 6.92 Å². The first kappa shape index (κ1) is 14.2. The van der Waals surface area contributed by atoms with Crippen LogP contribution in [0.15, 0.2) is 28.7 Å². The molecule has 5 heteroatoms. The zero-order valence-electron chi connectivity index (χ0n) is 11.8. The number of nitrogens with zero attached hydrogens (tertiary/aromatic N) is 2. The Morgan fingerprint density at radius 2 is 2.10 bits per heavy atom. The van der Waals surface area contributed by atoms with Gasteiger partial charge in [-0.3, -0.25) is 4.79 Å². The molecule has 1 N–H and O–H groups in total. The van der Waals surface area contributed by atoms with Crippen LogP contribution in [0.2, 0.25) is 0 Å². The van der Waals surface area contributed by atoms with E-state index in [2.05, 4.69) is 22.4 Å². The number of benzene rings is 1. The third-order valence-corrected chi connectivity index (χ3v) is 3.04. The molecule has 1 aromatic carbocycles. The van der Waals surface area contributed by atoms with Gasteiger partial charge in [0.25, 0.3) is 0 Å². The van der Waals surface area contributed by atoms with E-state index in [1.807, 2.05) is 31.2 Å². The summed E-state index contributed by atoms with van der Waals surface area (Å²) in [6.07, 6.45) is 2.44. The van der Waals surface area contributed by atoms with Crippen LogP contribution in [0.3, 0.4) is 0 Å². The van der Waals surface area contributed by atoms with Crippen molar-refractivity contribution in [3.63, 3.8) is 0 Å². The predicted octanol–water partition coefficient (Wildman–Crippen LogP) is 2.85. The van der Waals surface area contributed by atoms with Gasteiger partial charge in [-0.2, -0.15) is 0 Å². The highest BCUT2D eigenvalue weighted by atomic mass is 16.4. The number of unbranched alkanes of at least 4 members (excludes halogenated alkanes) is 1. The zero-order valence-corrected chi connectivity index (χ0v) is 11.8. The molecule has 1 heterocycles. The molecule has 0 unspecified atom stereocenters. The third-order valence-electron chi connectivity index (χ3n) is 3.04. The van der Waals surface area contributed by atoms with Gasteiger partial charge in [0.2, 0.25) is 17.7 Å². The maximum Gasteiger partial charge on any atom is 0.248 e. The number of aryl methyl sites for hydroxylation is 1. The number of rotatable bonds is 6. The lowest BCUT2D eigenvalue weighted by Gasteiger charge is -2.01. The van der Waals surface area contributed by atoms with Gasteiger partial charge in [0.1, 0.15) is 0 Å². The summed E-state index contributed by atoms with van der Waals surface area (Å²) >= 11 is 0. The Morgan fingerprint density at radius 1 is 1.30 bits per heavy atom. The SMILES string of the molecule is CCCCC(=O)NCc1nnc(-c2ccccc2C)o1. The molecular weight excluding hydrogens is 254 g/mol. The van der Waals surface area contributed by atoms with Gasteiger partial charge in [-0.25, -0.2) is 0 Å². The topological polar surface area (TPSA) is 68.0 Å². The summed E-state index contributed by atoms with van der Waals surface area (Å²) in [5, 5.41) is 10.8. The molecule has 1 aromatic heterocycles. The summed E-state index contributed by atoms with van der Waals surface area (Å²) < 4.78 is 5.57. The molecule has 0 aliphatic heterocycles. The predicted molar refractivity (Wildman–Crippen MR) is 75.8 cm³/mol. The summed E-state index contributed by atoms with van der Waals surface area (Å²) in [5.74, 6) is 0.927. The second-order valence-corrected chi connectivity index (χ2v) is 4.70. The fourth-order valence-corrected chi connectivity index (χ4v) is 1.85. The van der Waals surface area contributed by atoms with E-state index in [9.17, 15) is 4.79 Å². The fourth-order valence-electron chi connectivity index (χ4n) is 1.85.